The molecule has 0 N–H and O–H groups in total. The molecule has 0 spiro atoms. The number of rotatable bonds is 3. The van der Waals surface area contributed by atoms with E-state index in [-0.39, 0.29) is 0 Å². The van der Waals surface area contributed by atoms with Gasteiger partial charge in [-0.1, -0.05) is 57.4 Å². The van der Waals surface area contributed by atoms with Gasteiger partial charge in [-0.2, -0.15) is 0 Å². The Balaban J connectivity index is 2.25. The molecule has 0 heterocycles. The lowest BCUT2D eigenvalue weighted by atomic mass is 9.94. The topological polar surface area (TPSA) is 0 Å². The summed E-state index contributed by atoms with van der Waals surface area (Å²) >= 11 is 9.76. The molecule has 0 fully saturated rings. The highest BCUT2D eigenvalue weighted by Gasteiger charge is 2.14. The first-order chi connectivity index (χ1) is 8.97. The fourth-order valence-electron chi connectivity index (χ4n) is 2.61. The van der Waals surface area contributed by atoms with Gasteiger partial charge in [0.15, 0.2) is 0 Å². The van der Waals surface area contributed by atoms with Crippen LogP contribution in [-0.2, 0) is 6.42 Å². The number of alkyl halides is 1. The predicted octanol–water partition coefficient (Wildman–Crippen LogP) is 5.94. The van der Waals surface area contributed by atoms with Crippen molar-refractivity contribution in [3.8, 4) is 0 Å². The Morgan fingerprint density at radius 2 is 1.53 bits per heavy atom. The quantitative estimate of drug-likeness (QED) is 0.608. The molecule has 2 heteroatoms. The van der Waals surface area contributed by atoms with Crippen LogP contribution in [0.25, 0.3) is 0 Å². The van der Waals surface area contributed by atoms with Crippen LogP contribution < -0.4 is 0 Å². The molecule has 0 aliphatic carbocycles. The monoisotopic (exact) mass is 336 g/mol. The largest absolute Gasteiger partial charge is 0.0843 e. The standard InChI is InChI=1S/C17H18BrCl/c1-11-8-12(2)17(13(3)9-11)16(18)10-14-4-6-15(19)7-5-14/h4-9,16H,10H2,1-3H3. The lowest BCUT2D eigenvalue weighted by molar-refractivity contribution is 0.925. The summed E-state index contributed by atoms with van der Waals surface area (Å²) in [4.78, 5) is 0.342. The van der Waals surface area contributed by atoms with E-state index in [2.05, 4.69) is 61.0 Å². The highest BCUT2D eigenvalue weighted by Crippen LogP contribution is 2.32. The summed E-state index contributed by atoms with van der Waals surface area (Å²) in [5.74, 6) is 0. The molecule has 0 aliphatic heterocycles. The smallest absolute Gasteiger partial charge is 0.0440 e. The minimum Gasteiger partial charge on any atom is -0.0843 e. The third kappa shape index (κ3) is 3.61. The first-order valence-electron chi connectivity index (χ1n) is 6.43. The van der Waals surface area contributed by atoms with Gasteiger partial charge in [0.1, 0.15) is 0 Å². The maximum atomic E-state index is 5.92. The van der Waals surface area contributed by atoms with E-state index in [1.165, 1.54) is 27.8 Å². The molecule has 0 amide bonds. The maximum absolute atomic E-state index is 5.92. The highest BCUT2D eigenvalue weighted by molar-refractivity contribution is 9.09. The lowest BCUT2D eigenvalue weighted by Gasteiger charge is -2.17. The third-order valence-electron chi connectivity index (χ3n) is 3.38. The summed E-state index contributed by atoms with van der Waals surface area (Å²) in [7, 11) is 0. The molecule has 2 rings (SSSR count). The van der Waals surface area contributed by atoms with Gasteiger partial charge in [-0.25, -0.2) is 0 Å². The molecule has 1 atom stereocenters. The second-order valence-electron chi connectivity index (χ2n) is 5.11. The van der Waals surface area contributed by atoms with E-state index in [1.807, 2.05) is 12.1 Å². The van der Waals surface area contributed by atoms with Gasteiger partial charge in [0.2, 0.25) is 0 Å². The summed E-state index contributed by atoms with van der Waals surface area (Å²) in [5, 5.41) is 0.789. The summed E-state index contributed by atoms with van der Waals surface area (Å²) in [6, 6.07) is 12.6. The maximum Gasteiger partial charge on any atom is 0.0440 e. The molecule has 0 aliphatic rings. The van der Waals surface area contributed by atoms with E-state index >= 15 is 0 Å². The van der Waals surface area contributed by atoms with Gasteiger partial charge in [-0.15, -0.1) is 0 Å². The average molecular weight is 338 g/mol. The number of aryl methyl sites for hydroxylation is 3. The zero-order valence-corrected chi connectivity index (χ0v) is 13.8. The Morgan fingerprint density at radius 3 is 2.05 bits per heavy atom. The van der Waals surface area contributed by atoms with Crippen molar-refractivity contribution in [2.75, 3.05) is 0 Å². The lowest BCUT2D eigenvalue weighted by Crippen LogP contribution is -2.01. The Hall–Kier alpha value is -0.790. The molecule has 0 saturated carbocycles. The molecular formula is C17H18BrCl. The van der Waals surface area contributed by atoms with Gasteiger partial charge >= 0.3 is 0 Å². The second kappa shape index (κ2) is 6.11. The Morgan fingerprint density at radius 1 is 1.00 bits per heavy atom. The number of hydrogen-bond acceptors (Lipinski definition) is 0. The Bertz CT molecular complexity index is 549. The summed E-state index contributed by atoms with van der Waals surface area (Å²) < 4.78 is 0. The molecule has 0 saturated heterocycles. The molecule has 19 heavy (non-hydrogen) atoms. The van der Waals surface area contributed by atoms with E-state index in [9.17, 15) is 0 Å². The molecule has 100 valence electrons. The Kier molecular flexibility index (Phi) is 4.70. The van der Waals surface area contributed by atoms with E-state index in [4.69, 9.17) is 11.6 Å². The van der Waals surface area contributed by atoms with Crippen LogP contribution in [0.15, 0.2) is 36.4 Å². The predicted molar refractivity (Wildman–Crippen MR) is 87.5 cm³/mol. The van der Waals surface area contributed by atoms with Crippen LogP contribution >= 0.6 is 27.5 Å². The summed E-state index contributed by atoms with van der Waals surface area (Å²) in [6.45, 7) is 6.52. The molecule has 0 bridgehead atoms. The van der Waals surface area contributed by atoms with Crippen molar-refractivity contribution in [3.63, 3.8) is 0 Å². The van der Waals surface area contributed by atoms with Crippen LogP contribution in [0.5, 0.6) is 0 Å². The zero-order valence-electron chi connectivity index (χ0n) is 11.5. The van der Waals surface area contributed by atoms with Crippen LogP contribution in [0.4, 0.5) is 0 Å². The van der Waals surface area contributed by atoms with Gasteiger partial charge in [0, 0.05) is 9.85 Å². The van der Waals surface area contributed by atoms with Crippen molar-refractivity contribution in [3.05, 3.63) is 69.2 Å². The highest BCUT2D eigenvalue weighted by atomic mass is 79.9. The van der Waals surface area contributed by atoms with Crippen LogP contribution in [0.1, 0.15) is 32.6 Å². The van der Waals surface area contributed by atoms with E-state index in [0.717, 1.165) is 11.4 Å². The molecular weight excluding hydrogens is 320 g/mol. The average Bonchev–Trinajstić information content (AvgIpc) is 2.30. The summed E-state index contributed by atoms with van der Waals surface area (Å²) in [5.41, 5.74) is 6.73. The second-order valence-corrected chi connectivity index (χ2v) is 6.65. The van der Waals surface area contributed by atoms with Gasteiger partial charge in [0.25, 0.3) is 0 Å². The first-order valence-corrected chi connectivity index (χ1v) is 7.73. The summed E-state index contributed by atoms with van der Waals surface area (Å²) in [6.07, 6.45) is 0.974. The van der Waals surface area contributed by atoms with Crippen LogP contribution in [0.3, 0.4) is 0 Å². The number of benzene rings is 2. The fraction of sp³-hybridized carbons (Fsp3) is 0.294. The van der Waals surface area contributed by atoms with Gasteiger partial charge in [0.05, 0.1) is 0 Å². The molecule has 2 aromatic rings. The zero-order chi connectivity index (χ0) is 14.0. The van der Waals surface area contributed by atoms with E-state index < -0.39 is 0 Å². The number of halogens is 2. The van der Waals surface area contributed by atoms with Crippen molar-refractivity contribution < 1.29 is 0 Å². The van der Waals surface area contributed by atoms with Crippen LogP contribution in [-0.4, -0.2) is 0 Å². The van der Waals surface area contributed by atoms with Gasteiger partial charge in [-0.3, -0.25) is 0 Å². The molecule has 0 nitrogen and oxygen atoms in total. The number of hydrogen-bond donors (Lipinski definition) is 0. The minimum absolute atomic E-state index is 0.342. The Labute approximate surface area is 128 Å². The normalized spacial score (nSPS) is 12.5. The molecule has 2 aromatic carbocycles. The van der Waals surface area contributed by atoms with Gasteiger partial charge < -0.3 is 0 Å². The molecule has 0 aromatic heterocycles. The van der Waals surface area contributed by atoms with E-state index in [0.29, 0.717) is 4.83 Å². The van der Waals surface area contributed by atoms with Gasteiger partial charge in [-0.05, 0) is 61.6 Å². The minimum atomic E-state index is 0.342. The van der Waals surface area contributed by atoms with Crippen molar-refractivity contribution in [2.45, 2.75) is 32.0 Å². The van der Waals surface area contributed by atoms with Crippen molar-refractivity contribution >= 4 is 27.5 Å². The van der Waals surface area contributed by atoms with E-state index in [1.54, 1.807) is 0 Å². The fourth-order valence-corrected chi connectivity index (χ4v) is 3.84. The van der Waals surface area contributed by atoms with Crippen molar-refractivity contribution in [2.24, 2.45) is 0 Å². The first kappa shape index (κ1) is 14.6. The van der Waals surface area contributed by atoms with Crippen LogP contribution in [0, 0.1) is 20.8 Å². The molecule has 0 radical (unpaired) electrons. The van der Waals surface area contributed by atoms with Crippen LogP contribution in [0.2, 0.25) is 5.02 Å². The molecule has 1 unspecified atom stereocenters. The van der Waals surface area contributed by atoms with Crippen molar-refractivity contribution in [1.29, 1.82) is 0 Å². The van der Waals surface area contributed by atoms with Crippen molar-refractivity contribution in [1.82, 2.24) is 0 Å². The SMILES string of the molecule is Cc1cc(C)c(C(Br)Cc2ccc(Cl)cc2)c(C)c1. The third-order valence-corrected chi connectivity index (χ3v) is 4.41.